The fraction of sp³-hybridized carbons (Fsp3) is 0.700. The Morgan fingerprint density at radius 3 is 0.955 bits per heavy atom. The molecule has 2 nitrogen and oxygen atoms in total. The van der Waals surface area contributed by atoms with E-state index in [2.05, 4.69) is 90.3 Å². The van der Waals surface area contributed by atoms with Crippen LogP contribution in [0.15, 0.2) is 48.5 Å². The van der Waals surface area contributed by atoms with Crippen molar-refractivity contribution in [2.75, 3.05) is 40.3 Å². The van der Waals surface area contributed by atoms with Crippen LogP contribution < -0.4 is 24.8 Å². The summed E-state index contributed by atoms with van der Waals surface area (Å²) in [6.07, 6.45) is 21.8. The molecule has 0 aliphatic heterocycles. The van der Waals surface area contributed by atoms with E-state index in [-0.39, 0.29) is 24.8 Å². The molecule has 4 heteroatoms. The SMILES string of the molecule is CCCCCCCC[N+](C)(CCCC)Cc1ccc(-c2ccc(C[N+](C)(CCCC)CCCCCCCC)cc2)cc1.[Cl-].[Cl-]. The lowest BCUT2D eigenvalue weighted by Gasteiger charge is -2.35. The molecule has 254 valence electrons. The Bertz CT molecular complexity index is 852. The van der Waals surface area contributed by atoms with Crippen molar-refractivity contribution < 1.29 is 33.8 Å². The lowest BCUT2D eigenvalue weighted by molar-refractivity contribution is -0.923. The maximum atomic E-state index is 2.49. The molecule has 0 fully saturated rings. The van der Waals surface area contributed by atoms with E-state index in [0.717, 1.165) is 13.1 Å². The molecule has 0 radical (unpaired) electrons. The lowest BCUT2D eigenvalue weighted by atomic mass is 10.0. The Morgan fingerprint density at radius 1 is 0.364 bits per heavy atom. The van der Waals surface area contributed by atoms with Crippen molar-refractivity contribution in [2.45, 2.75) is 144 Å². The molecule has 0 saturated heterocycles. The van der Waals surface area contributed by atoms with Gasteiger partial charge >= 0.3 is 0 Å². The average molecular weight is 650 g/mol. The molecular weight excluding hydrogens is 579 g/mol. The summed E-state index contributed by atoms with van der Waals surface area (Å²) in [7, 11) is 4.99. The van der Waals surface area contributed by atoms with Crippen molar-refractivity contribution in [3.63, 3.8) is 0 Å². The Balaban J connectivity index is 0.00000924. The lowest BCUT2D eigenvalue weighted by Crippen LogP contribution is -3.00. The van der Waals surface area contributed by atoms with E-state index >= 15 is 0 Å². The molecule has 2 unspecified atom stereocenters. The van der Waals surface area contributed by atoms with Crippen LogP contribution in [0.25, 0.3) is 11.1 Å². The summed E-state index contributed by atoms with van der Waals surface area (Å²) in [6, 6.07) is 19.0. The van der Waals surface area contributed by atoms with Gasteiger partial charge in [-0.25, -0.2) is 0 Å². The van der Waals surface area contributed by atoms with E-state index in [0.29, 0.717) is 0 Å². The highest BCUT2D eigenvalue weighted by molar-refractivity contribution is 5.63. The average Bonchev–Trinajstić information content (AvgIpc) is 2.99. The molecule has 0 aliphatic carbocycles. The van der Waals surface area contributed by atoms with Gasteiger partial charge in [-0.05, 0) is 49.7 Å². The highest BCUT2D eigenvalue weighted by Crippen LogP contribution is 2.24. The maximum absolute atomic E-state index is 2.49. The predicted octanol–water partition coefficient (Wildman–Crippen LogP) is 5.58. The van der Waals surface area contributed by atoms with Crippen molar-refractivity contribution in [1.82, 2.24) is 0 Å². The van der Waals surface area contributed by atoms with Gasteiger partial charge in [0.25, 0.3) is 0 Å². The van der Waals surface area contributed by atoms with Crippen LogP contribution in [0.5, 0.6) is 0 Å². The van der Waals surface area contributed by atoms with Crippen LogP contribution in [-0.4, -0.2) is 49.2 Å². The summed E-state index contributed by atoms with van der Waals surface area (Å²) in [5.41, 5.74) is 5.66. The van der Waals surface area contributed by atoms with Gasteiger partial charge < -0.3 is 33.8 Å². The van der Waals surface area contributed by atoms with E-state index in [9.17, 15) is 0 Å². The Hall–Kier alpha value is -1.06. The first kappa shape index (κ1) is 42.9. The number of hydrogen-bond donors (Lipinski definition) is 0. The van der Waals surface area contributed by atoms with Gasteiger partial charge in [0.15, 0.2) is 0 Å². The number of rotatable bonds is 25. The Morgan fingerprint density at radius 2 is 0.636 bits per heavy atom. The second-order valence-corrected chi connectivity index (χ2v) is 14.1. The molecule has 2 rings (SSSR count). The highest BCUT2D eigenvalue weighted by atomic mass is 35.5. The molecule has 0 N–H and O–H groups in total. The minimum atomic E-state index is 0. The van der Waals surface area contributed by atoms with Gasteiger partial charge in [-0.1, -0.05) is 140 Å². The summed E-state index contributed by atoms with van der Waals surface area (Å²) >= 11 is 0. The molecule has 0 aliphatic rings. The molecule has 44 heavy (non-hydrogen) atoms. The molecule has 2 aromatic carbocycles. The quantitative estimate of drug-likeness (QED) is 0.0975. The predicted molar refractivity (Wildman–Crippen MR) is 188 cm³/mol. The zero-order valence-electron chi connectivity index (χ0n) is 29.8. The van der Waals surface area contributed by atoms with Crippen molar-refractivity contribution in [3.05, 3.63) is 59.7 Å². The molecule has 0 aromatic heterocycles. The highest BCUT2D eigenvalue weighted by Gasteiger charge is 2.22. The summed E-state index contributed by atoms with van der Waals surface area (Å²) < 4.78 is 2.37. The summed E-state index contributed by atoms with van der Waals surface area (Å²) in [4.78, 5) is 0. The first-order valence-corrected chi connectivity index (χ1v) is 18.2. The summed E-state index contributed by atoms with van der Waals surface area (Å²) in [6.45, 7) is 16.8. The van der Waals surface area contributed by atoms with Gasteiger partial charge in [-0.2, -0.15) is 0 Å². The van der Waals surface area contributed by atoms with E-state index in [4.69, 9.17) is 0 Å². The van der Waals surface area contributed by atoms with Crippen LogP contribution in [0.1, 0.15) is 142 Å². The van der Waals surface area contributed by atoms with Gasteiger partial charge in [-0.3, -0.25) is 0 Å². The van der Waals surface area contributed by atoms with Gasteiger partial charge in [0, 0.05) is 11.1 Å². The monoisotopic (exact) mass is 648 g/mol. The van der Waals surface area contributed by atoms with E-state index in [1.807, 2.05) is 0 Å². The number of unbranched alkanes of at least 4 members (excludes halogenated alkanes) is 12. The summed E-state index contributed by atoms with van der Waals surface area (Å²) in [5, 5.41) is 0. The van der Waals surface area contributed by atoms with Gasteiger partial charge in [0.1, 0.15) is 13.1 Å². The van der Waals surface area contributed by atoms with Crippen molar-refractivity contribution >= 4 is 0 Å². The van der Waals surface area contributed by atoms with Crippen molar-refractivity contribution in [3.8, 4) is 11.1 Å². The standard InChI is InChI=1S/C40H70N2.2ClH/c1-7-11-15-17-19-21-33-41(5,31-13-9-3)35-37-23-27-39(28-24-37)40-29-25-38(26-30-40)36-42(6,32-14-10-4)34-22-20-18-16-12-8-2;;/h23-30H,7-22,31-36H2,1-6H3;2*1H/q+2;;/p-2. The molecule has 0 heterocycles. The normalized spacial score (nSPS) is 13.9. The van der Waals surface area contributed by atoms with Crippen molar-refractivity contribution in [2.24, 2.45) is 0 Å². The number of hydrogen-bond acceptors (Lipinski definition) is 0. The largest absolute Gasteiger partial charge is 1.00 e. The number of benzene rings is 2. The van der Waals surface area contributed by atoms with Gasteiger partial charge in [-0.15, -0.1) is 0 Å². The smallest absolute Gasteiger partial charge is 0.104 e. The van der Waals surface area contributed by atoms with Crippen LogP contribution in [0, 0.1) is 0 Å². The summed E-state index contributed by atoms with van der Waals surface area (Å²) in [5.74, 6) is 0. The minimum Gasteiger partial charge on any atom is -1.00 e. The topological polar surface area (TPSA) is 0 Å². The van der Waals surface area contributed by atoms with Crippen LogP contribution in [0.2, 0.25) is 0 Å². The van der Waals surface area contributed by atoms with E-state index < -0.39 is 0 Å². The third kappa shape index (κ3) is 17.6. The second-order valence-electron chi connectivity index (χ2n) is 14.1. The maximum Gasteiger partial charge on any atom is 0.104 e. The first-order valence-electron chi connectivity index (χ1n) is 18.2. The van der Waals surface area contributed by atoms with Crippen LogP contribution in [0.4, 0.5) is 0 Å². The van der Waals surface area contributed by atoms with Crippen LogP contribution in [-0.2, 0) is 13.1 Å². The Labute approximate surface area is 287 Å². The fourth-order valence-corrected chi connectivity index (χ4v) is 6.65. The molecule has 0 bridgehead atoms. The molecule has 0 amide bonds. The fourth-order valence-electron chi connectivity index (χ4n) is 6.65. The number of halogens is 2. The van der Waals surface area contributed by atoms with E-state index in [1.165, 1.54) is 160 Å². The van der Waals surface area contributed by atoms with Crippen LogP contribution >= 0.6 is 0 Å². The molecule has 2 atom stereocenters. The second kappa shape index (κ2) is 25.1. The number of quaternary nitrogens is 2. The zero-order chi connectivity index (χ0) is 30.5. The number of nitrogens with zero attached hydrogens (tertiary/aromatic N) is 2. The third-order valence-corrected chi connectivity index (χ3v) is 9.58. The Kier molecular flexibility index (Phi) is 24.5. The zero-order valence-corrected chi connectivity index (χ0v) is 31.3. The first-order chi connectivity index (χ1) is 20.4. The molecular formula is C40H70Cl2N2. The molecule has 0 saturated carbocycles. The van der Waals surface area contributed by atoms with Crippen molar-refractivity contribution in [1.29, 1.82) is 0 Å². The third-order valence-electron chi connectivity index (χ3n) is 9.58. The van der Waals surface area contributed by atoms with Gasteiger partial charge in [0.2, 0.25) is 0 Å². The molecule has 0 spiro atoms. The molecule has 2 aromatic rings. The van der Waals surface area contributed by atoms with Gasteiger partial charge in [0.05, 0.1) is 40.3 Å². The van der Waals surface area contributed by atoms with E-state index in [1.54, 1.807) is 0 Å². The van der Waals surface area contributed by atoms with Crippen LogP contribution in [0.3, 0.4) is 0 Å². The minimum absolute atomic E-state index is 0.